The first-order valence-electron chi connectivity index (χ1n) is 9.43. The Morgan fingerprint density at radius 2 is 1.72 bits per heavy atom. The van der Waals surface area contributed by atoms with Crippen LogP contribution in [0.25, 0.3) is 0 Å². The summed E-state index contributed by atoms with van der Waals surface area (Å²) in [5, 5.41) is 2.84. The number of alkyl halides is 3. The van der Waals surface area contributed by atoms with Crippen LogP contribution < -0.4 is 10.1 Å². The highest BCUT2D eigenvalue weighted by Crippen LogP contribution is 2.36. The fourth-order valence-corrected chi connectivity index (χ4v) is 2.82. The molecule has 0 saturated heterocycles. The van der Waals surface area contributed by atoms with Gasteiger partial charge in [-0.25, -0.2) is 4.98 Å². The molecule has 0 saturated carbocycles. The Morgan fingerprint density at radius 3 is 2.45 bits per heavy atom. The van der Waals surface area contributed by atoms with Crippen LogP contribution in [0.4, 0.5) is 24.7 Å². The molecule has 152 valence electrons. The van der Waals surface area contributed by atoms with Gasteiger partial charge in [-0.3, -0.25) is 0 Å². The van der Waals surface area contributed by atoms with E-state index in [4.69, 9.17) is 4.74 Å². The minimum absolute atomic E-state index is 0.115. The van der Waals surface area contributed by atoms with E-state index in [-0.39, 0.29) is 18.4 Å². The molecule has 0 radical (unpaired) electrons. The number of benzene rings is 2. The zero-order valence-electron chi connectivity index (χ0n) is 16.0. The molecule has 7 heteroatoms. The van der Waals surface area contributed by atoms with E-state index in [1.165, 1.54) is 0 Å². The maximum Gasteiger partial charge on any atom is 0.421 e. The number of ether oxygens (including phenoxy) is 1. The molecule has 3 aromatic rings. The molecule has 2 aromatic carbocycles. The fraction of sp³-hybridized carbons (Fsp3) is 0.273. The predicted octanol–water partition coefficient (Wildman–Crippen LogP) is 6.16. The van der Waals surface area contributed by atoms with E-state index in [2.05, 4.69) is 22.2 Å². The third-order valence-electron chi connectivity index (χ3n) is 4.35. The second kappa shape index (κ2) is 9.41. The maximum absolute atomic E-state index is 13.5. The Bertz CT molecular complexity index is 930. The predicted molar refractivity (Wildman–Crippen MR) is 106 cm³/mol. The van der Waals surface area contributed by atoms with Crippen LogP contribution >= 0.6 is 0 Å². The molecule has 1 N–H and O–H groups in total. The van der Waals surface area contributed by atoms with Crippen molar-refractivity contribution in [2.24, 2.45) is 0 Å². The van der Waals surface area contributed by atoms with Crippen LogP contribution in [0.1, 0.15) is 36.5 Å². The van der Waals surface area contributed by atoms with Crippen molar-refractivity contribution in [2.75, 3.05) is 5.32 Å². The molecule has 3 rings (SSSR count). The summed E-state index contributed by atoms with van der Waals surface area (Å²) in [7, 11) is 0. The van der Waals surface area contributed by atoms with Gasteiger partial charge in [0.25, 0.3) is 0 Å². The van der Waals surface area contributed by atoms with Gasteiger partial charge in [0.15, 0.2) is 0 Å². The third kappa shape index (κ3) is 5.70. The Balaban J connectivity index is 1.87. The zero-order valence-corrected chi connectivity index (χ0v) is 16.0. The molecule has 4 nitrogen and oxygen atoms in total. The smallest absolute Gasteiger partial charge is 0.421 e. The number of aryl methyl sites for hydroxylation is 1. The summed E-state index contributed by atoms with van der Waals surface area (Å²) < 4.78 is 45.9. The molecule has 0 spiro atoms. The number of hydrogen-bond acceptors (Lipinski definition) is 4. The van der Waals surface area contributed by atoms with Crippen LogP contribution in [-0.4, -0.2) is 9.97 Å². The van der Waals surface area contributed by atoms with Crippen LogP contribution in [0.15, 0.2) is 60.8 Å². The first-order chi connectivity index (χ1) is 14.0. The molecule has 0 aliphatic heterocycles. The summed E-state index contributed by atoms with van der Waals surface area (Å²) in [5.74, 6) is -0.320. The van der Waals surface area contributed by atoms with Crippen molar-refractivity contribution in [1.29, 1.82) is 0 Å². The average molecular weight is 401 g/mol. The quantitative estimate of drug-likeness (QED) is 0.491. The average Bonchev–Trinajstić information content (AvgIpc) is 2.72. The van der Waals surface area contributed by atoms with Gasteiger partial charge in [0.05, 0.1) is 0 Å². The molecular weight excluding hydrogens is 379 g/mol. The highest BCUT2D eigenvalue weighted by molar-refractivity contribution is 5.63. The van der Waals surface area contributed by atoms with Crippen molar-refractivity contribution < 1.29 is 17.9 Å². The number of nitrogens with one attached hydrogen (secondary N) is 1. The lowest BCUT2D eigenvalue weighted by molar-refractivity contribution is -0.137. The van der Waals surface area contributed by atoms with E-state index in [1.807, 2.05) is 42.5 Å². The summed E-state index contributed by atoms with van der Waals surface area (Å²) in [6, 6.07) is 16.5. The minimum Gasteiger partial charge on any atom is -0.459 e. The lowest BCUT2D eigenvalue weighted by atomic mass is 10.1. The first kappa shape index (κ1) is 20.6. The Morgan fingerprint density at radius 1 is 1.00 bits per heavy atom. The molecule has 0 aliphatic carbocycles. The second-order valence-corrected chi connectivity index (χ2v) is 6.57. The van der Waals surface area contributed by atoms with Crippen LogP contribution in [-0.2, 0) is 19.2 Å². The summed E-state index contributed by atoms with van der Waals surface area (Å²) in [5.41, 5.74) is 1.47. The zero-order chi connectivity index (χ0) is 20.7. The van der Waals surface area contributed by atoms with Crippen LogP contribution in [0.2, 0.25) is 0 Å². The summed E-state index contributed by atoms with van der Waals surface area (Å²) in [6.07, 6.45) is -1.13. The molecule has 0 fully saturated rings. The van der Waals surface area contributed by atoms with Gasteiger partial charge in [-0.05, 0) is 30.0 Å². The number of halogens is 3. The molecular formula is C22H22F3N3O. The highest BCUT2D eigenvalue weighted by atomic mass is 19.4. The van der Waals surface area contributed by atoms with Crippen molar-refractivity contribution in [3.05, 3.63) is 77.5 Å². The Labute approximate surface area is 167 Å². The SMILES string of the molecule is CCCCc1ccccc1Nc1nc(OCc2ccccc2)ncc1C(F)(F)F. The molecule has 0 unspecified atom stereocenters. The van der Waals surface area contributed by atoms with E-state index in [9.17, 15) is 13.2 Å². The minimum atomic E-state index is -4.58. The van der Waals surface area contributed by atoms with E-state index >= 15 is 0 Å². The van der Waals surface area contributed by atoms with Gasteiger partial charge in [-0.15, -0.1) is 0 Å². The number of rotatable bonds is 8. The number of unbranched alkanes of at least 4 members (excludes halogenated alkanes) is 1. The highest BCUT2D eigenvalue weighted by Gasteiger charge is 2.35. The lowest BCUT2D eigenvalue weighted by Gasteiger charge is -2.16. The summed E-state index contributed by atoms with van der Waals surface area (Å²) >= 11 is 0. The summed E-state index contributed by atoms with van der Waals surface area (Å²) in [6.45, 7) is 2.23. The standard InChI is InChI=1S/C22H22F3N3O/c1-2-3-11-17-12-7-8-13-19(17)27-20-18(22(23,24)25)14-26-21(28-20)29-15-16-9-5-4-6-10-16/h4-10,12-14H,2-3,11,15H2,1H3,(H,26,27,28). The lowest BCUT2D eigenvalue weighted by Crippen LogP contribution is -2.13. The van der Waals surface area contributed by atoms with Gasteiger partial charge in [0.1, 0.15) is 18.0 Å². The topological polar surface area (TPSA) is 47.0 Å². The number of hydrogen-bond donors (Lipinski definition) is 1. The van der Waals surface area contributed by atoms with Crippen molar-refractivity contribution in [3.8, 4) is 6.01 Å². The van der Waals surface area contributed by atoms with E-state index in [0.717, 1.165) is 36.6 Å². The number of anilines is 2. The van der Waals surface area contributed by atoms with E-state index in [1.54, 1.807) is 12.1 Å². The van der Waals surface area contributed by atoms with Crippen molar-refractivity contribution in [1.82, 2.24) is 9.97 Å². The Kier molecular flexibility index (Phi) is 6.69. The van der Waals surface area contributed by atoms with Crippen LogP contribution in [0.3, 0.4) is 0 Å². The molecule has 0 atom stereocenters. The largest absolute Gasteiger partial charge is 0.459 e. The molecule has 0 bridgehead atoms. The van der Waals surface area contributed by atoms with Crippen molar-refractivity contribution in [3.63, 3.8) is 0 Å². The van der Waals surface area contributed by atoms with Crippen LogP contribution in [0, 0.1) is 0 Å². The van der Waals surface area contributed by atoms with E-state index in [0.29, 0.717) is 5.69 Å². The maximum atomic E-state index is 13.5. The first-order valence-corrected chi connectivity index (χ1v) is 9.43. The molecule has 29 heavy (non-hydrogen) atoms. The third-order valence-corrected chi connectivity index (χ3v) is 4.35. The Hall–Kier alpha value is -3.09. The summed E-state index contributed by atoms with van der Waals surface area (Å²) in [4.78, 5) is 7.75. The van der Waals surface area contributed by atoms with Crippen molar-refractivity contribution in [2.45, 2.75) is 39.0 Å². The molecule has 0 amide bonds. The van der Waals surface area contributed by atoms with Gasteiger partial charge < -0.3 is 10.1 Å². The van der Waals surface area contributed by atoms with Crippen LogP contribution in [0.5, 0.6) is 6.01 Å². The van der Waals surface area contributed by atoms with Gasteiger partial charge in [0, 0.05) is 11.9 Å². The molecule has 1 heterocycles. The number of aromatic nitrogens is 2. The molecule has 1 aromatic heterocycles. The van der Waals surface area contributed by atoms with Gasteiger partial charge in [-0.2, -0.15) is 18.2 Å². The number of nitrogens with zero attached hydrogens (tertiary/aromatic N) is 2. The van der Waals surface area contributed by atoms with Crippen molar-refractivity contribution >= 4 is 11.5 Å². The normalized spacial score (nSPS) is 11.3. The van der Waals surface area contributed by atoms with Gasteiger partial charge in [-0.1, -0.05) is 61.9 Å². The monoisotopic (exact) mass is 401 g/mol. The molecule has 0 aliphatic rings. The van der Waals surface area contributed by atoms with E-state index < -0.39 is 11.7 Å². The van der Waals surface area contributed by atoms with Gasteiger partial charge in [0.2, 0.25) is 0 Å². The second-order valence-electron chi connectivity index (χ2n) is 6.57. The fourth-order valence-electron chi connectivity index (χ4n) is 2.82. The number of para-hydroxylation sites is 1. The van der Waals surface area contributed by atoms with Gasteiger partial charge >= 0.3 is 12.2 Å².